The molecule has 0 saturated heterocycles. The van der Waals surface area contributed by atoms with Crippen molar-refractivity contribution in [2.45, 2.75) is 19.6 Å². The highest BCUT2D eigenvalue weighted by atomic mass is 127. The summed E-state index contributed by atoms with van der Waals surface area (Å²) >= 11 is 1.86. The number of halogens is 3. The summed E-state index contributed by atoms with van der Waals surface area (Å²) in [6, 6.07) is 0. The molecule has 1 aromatic heterocycles. The molecular weight excluding hydrogens is 305 g/mol. The van der Waals surface area contributed by atoms with E-state index in [-0.39, 0.29) is 18.7 Å². The summed E-state index contributed by atoms with van der Waals surface area (Å²) in [4.78, 5) is 3.73. The maximum Gasteiger partial charge on any atom is 0.265 e. The summed E-state index contributed by atoms with van der Waals surface area (Å²) < 4.78 is 25.5. The minimum Gasteiger partial charge on any atom is -0.390 e. The molecule has 0 atom stereocenters. The molecule has 3 N–H and O–H groups in total. The number of nitrogens with zero attached hydrogens (tertiary/aromatic N) is 1. The molecule has 1 aromatic rings. The lowest BCUT2D eigenvalue weighted by Crippen LogP contribution is -2.09. The van der Waals surface area contributed by atoms with Crippen LogP contribution in [-0.2, 0) is 13.2 Å². The van der Waals surface area contributed by atoms with Gasteiger partial charge in [0.2, 0.25) is 0 Å². The fourth-order valence-corrected chi connectivity index (χ4v) is 1.93. The number of hydrogen-bond acceptors (Lipinski definition) is 3. The average molecular weight is 314 g/mol. The Hall–Kier alpha value is -0.340. The maximum absolute atomic E-state index is 12.5. The number of pyridine rings is 1. The predicted octanol–water partition coefficient (Wildman–Crippen LogP) is 1.57. The summed E-state index contributed by atoms with van der Waals surface area (Å²) in [6.45, 7) is -0.248. The van der Waals surface area contributed by atoms with E-state index < -0.39 is 6.43 Å². The molecular formula is C8H9F2IN2O. The van der Waals surface area contributed by atoms with Gasteiger partial charge in [0.05, 0.1) is 12.3 Å². The van der Waals surface area contributed by atoms with Crippen molar-refractivity contribution >= 4 is 22.6 Å². The van der Waals surface area contributed by atoms with Crippen LogP contribution in [0.15, 0.2) is 6.20 Å². The lowest BCUT2D eigenvalue weighted by molar-refractivity contribution is 0.149. The maximum atomic E-state index is 12.5. The van der Waals surface area contributed by atoms with Crippen molar-refractivity contribution in [3.8, 4) is 0 Å². The van der Waals surface area contributed by atoms with Crippen molar-refractivity contribution < 1.29 is 13.9 Å². The van der Waals surface area contributed by atoms with E-state index >= 15 is 0 Å². The van der Waals surface area contributed by atoms with Gasteiger partial charge in [-0.05, 0) is 28.2 Å². The first-order valence-electron chi connectivity index (χ1n) is 3.87. The minimum atomic E-state index is -2.58. The molecule has 0 aliphatic carbocycles. The van der Waals surface area contributed by atoms with Crippen LogP contribution in [0, 0.1) is 3.57 Å². The molecule has 14 heavy (non-hydrogen) atoms. The first-order chi connectivity index (χ1) is 6.61. The third-order valence-electron chi connectivity index (χ3n) is 1.82. The Labute approximate surface area is 93.5 Å². The third kappa shape index (κ3) is 2.18. The monoisotopic (exact) mass is 314 g/mol. The van der Waals surface area contributed by atoms with E-state index in [9.17, 15) is 8.78 Å². The molecule has 0 aromatic carbocycles. The van der Waals surface area contributed by atoms with Gasteiger partial charge in [-0.2, -0.15) is 0 Å². The zero-order valence-electron chi connectivity index (χ0n) is 7.17. The Morgan fingerprint density at radius 2 is 2.21 bits per heavy atom. The fraction of sp³-hybridized carbons (Fsp3) is 0.375. The van der Waals surface area contributed by atoms with E-state index in [0.717, 1.165) is 6.20 Å². The number of alkyl halides is 2. The van der Waals surface area contributed by atoms with Crippen LogP contribution in [0.25, 0.3) is 0 Å². The van der Waals surface area contributed by atoms with Gasteiger partial charge in [-0.1, -0.05) is 0 Å². The van der Waals surface area contributed by atoms with Crippen LogP contribution < -0.4 is 5.73 Å². The van der Waals surface area contributed by atoms with Crippen LogP contribution in [0.5, 0.6) is 0 Å². The van der Waals surface area contributed by atoms with Crippen molar-refractivity contribution in [1.82, 2.24) is 4.98 Å². The standard InChI is InChI=1S/C8H9F2IN2O/c9-8(10)5-2-13-6(3-14)7(11)4(5)1-12/h2,8,14H,1,3,12H2. The second-order valence-electron chi connectivity index (χ2n) is 2.62. The number of aliphatic hydroxyl groups is 1. The molecule has 1 heterocycles. The highest BCUT2D eigenvalue weighted by Gasteiger charge is 2.17. The molecule has 0 spiro atoms. The highest BCUT2D eigenvalue weighted by molar-refractivity contribution is 14.1. The van der Waals surface area contributed by atoms with Crippen LogP contribution in [0.2, 0.25) is 0 Å². The van der Waals surface area contributed by atoms with Gasteiger partial charge in [0.1, 0.15) is 0 Å². The summed E-state index contributed by atoms with van der Waals surface area (Å²) in [5.74, 6) is 0. The van der Waals surface area contributed by atoms with E-state index in [1.54, 1.807) is 0 Å². The van der Waals surface area contributed by atoms with Gasteiger partial charge in [0, 0.05) is 21.9 Å². The number of aromatic nitrogens is 1. The van der Waals surface area contributed by atoms with Crippen molar-refractivity contribution in [3.63, 3.8) is 0 Å². The van der Waals surface area contributed by atoms with E-state index in [1.165, 1.54) is 0 Å². The summed E-state index contributed by atoms with van der Waals surface area (Å²) in [7, 11) is 0. The number of rotatable bonds is 3. The second kappa shape index (κ2) is 4.94. The molecule has 6 heteroatoms. The topological polar surface area (TPSA) is 59.1 Å². The Bertz CT molecular complexity index is 333. The van der Waals surface area contributed by atoms with Gasteiger partial charge in [0.25, 0.3) is 6.43 Å². The Morgan fingerprint density at radius 1 is 1.57 bits per heavy atom. The van der Waals surface area contributed by atoms with E-state index in [1.807, 2.05) is 22.6 Å². The largest absolute Gasteiger partial charge is 0.390 e. The minimum absolute atomic E-state index is 0.0213. The van der Waals surface area contributed by atoms with Gasteiger partial charge < -0.3 is 10.8 Å². The first-order valence-corrected chi connectivity index (χ1v) is 4.94. The van der Waals surface area contributed by atoms with Crippen LogP contribution in [0.3, 0.4) is 0 Å². The van der Waals surface area contributed by atoms with Crippen LogP contribution in [0.4, 0.5) is 8.78 Å². The van der Waals surface area contributed by atoms with E-state index in [0.29, 0.717) is 14.8 Å². The summed E-state index contributed by atoms with van der Waals surface area (Å²) in [6.07, 6.45) is -1.51. The van der Waals surface area contributed by atoms with Crippen molar-refractivity contribution in [2.75, 3.05) is 0 Å². The van der Waals surface area contributed by atoms with Gasteiger partial charge in [-0.25, -0.2) is 8.78 Å². The highest BCUT2D eigenvalue weighted by Crippen LogP contribution is 2.27. The lowest BCUT2D eigenvalue weighted by atomic mass is 10.1. The number of hydrogen-bond donors (Lipinski definition) is 2. The number of aliphatic hydroxyl groups excluding tert-OH is 1. The summed E-state index contributed by atoms with van der Waals surface area (Å²) in [5, 5.41) is 8.87. The average Bonchev–Trinajstić information content (AvgIpc) is 2.17. The quantitative estimate of drug-likeness (QED) is 0.833. The van der Waals surface area contributed by atoms with E-state index in [2.05, 4.69) is 4.98 Å². The van der Waals surface area contributed by atoms with Gasteiger partial charge in [-0.15, -0.1) is 0 Å². The summed E-state index contributed by atoms with van der Waals surface area (Å²) in [5.41, 5.74) is 5.95. The Balaban J connectivity index is 3.28. The molecule has 0 amide bonds. The van der Waals surface area contributed by atoms with Crippen molar-refractivity contribution in [2.24, 2.45) is 5.73 Å². The SMILES string of the molecule is NCc1c(C(F)F)cnc(CO)c1I. The van der Waals surface area contributed by atoms with Gasteiger partial charge in [0.15, 0.2) is 0 Å². The molecule has 0 aliphatic heterocycles. The smallest absolute Gasteiger partial charge is 0.265 e. The second-order valence-corrected chi connectivity index (χ2v) is 3.69. The Kier molecular flexibility index (Phi) is 4.14. The van der Waals surface area contributed by atoms with E-state index in [4.69, 9.17) is 10.8 Å². The fourth-order valence-electron chi connectivity index (χ4n) is 1.09. The molecule has 0 saturated carbocycles. The molecule has 78 valence electrons. The van der Waals surface area contributed by atoms with Gasteiger partial charge >= 0.3 is 0 Å². The zero-order chi connectivity index (χ0) is 10.7. The molecule has 3 nitrogen and oxygen atoms in total. The predicted molar refractivity (Wildman–Crippen MR) is 55.7 cm³/mol. The number of nitrogens with two attached hydrogens (primary N) is 1. The lowest BCUT2D eigenvalue weighted by Gasteiger charge is -2.11. The van der Waals surface area contributed by atoms with Crippen LogP contribution >= 0.6 is 22.6 Å². The van der Waals surface area contributed by atoms with Crippen molar-refractivity contribution in [1.29, 1.82) is 0 Å². The molecule has 0 aliphatic rings. The van der Waals surface area contributed by atoms with Crippen LogP contribution in [0.1, 0.15) is 23.2 Å². The molecule has 0 radical (unpaired) electrons. The molecule has 0 fully saturated rings. The molecule has 0 unspecified atom stereocenters. The molecule has 0 bridgehead atoms. The Morgan fingerprint density at radius 3 is 2.64 bits per heavy atom. The molecule has 1 rings (SSSR count). The van der Waals surface area contributed by atoms with Crippen LogP contribution in [-0.4, -0.2) is 10.1 Å². The van der Waals surface area contributed by atoms with Gasteiger partial charge in [-0.3, -0.25) is 4.98 Å². The zero-order valence-corrected chi connectivity index (χ0v) is 9.33. The normalized spacial score (nSPS) is 11.0. The third-order valence-corrected chi connectivity index (χ3v) is 3.09. The van der Waals surface area contributed by atoms with Crippen molar-refractivity contribution in [3.05, 3.63) is 26.6 Å². The first kappa shape index (κ1) is 11.7.